The molecule has 2 N–H and O–H groups in total. The predicted molar refractivity (Wildman–Crippen MR) is 138 cm³/mol. The highest BCUT2D eigenvalue weighted by atomic mass is 16.3. The van der Waals surface area contributed by atoms with Gasteiger partial charge in [0.15, 0.2) is 0 Å². The zero-order valence-corrected chi connectivity index (χ0v) is 21.1. The molecule has 0 bridgehead atoms. The highest BCUT2D eigenvalue weighted by Gasteiger charge is 2.38. The lowest BCUT2D eigenvalue weighted by Gasteiger charge is -2.41. The number of piperidine rings is 2. The van der Waals surface area contributed by atoms with Crippen molar-refractivity contribution in [2.24, 2.45) is 0 Å². The number of aromatic hydroxyl groups is 1. The Hall–Kier alpha value is -2.90. The summed E-state index contributed by atoms with van der Waals surface area (Å²) in [4.78, 5) is 33.0. The normalized spacial score (nSPS) is 23.6. The zero-order chi connectivity index (χ0) is 24.8. The summed E-state index contributed by atoms with van der Waals surface area (Å²) in [5.41, 5.74) is 4.30. The van der Waals surface area contributed by atoms with Gasteiger partial charge in [0.25, 0.3) is 11.8 Å². The molecule has 2 amide bonds. The van der Waals surface area contributed by atoms with Gasteiger partial charge in [-0.3, -0.25) is 9.59 Å². The first kappa shape index (κ1) is 23.5. The summed E-state index contributed by atoms with van der Waals surface area (Å²) in [6, 6.07) is 12.1. The molecule has 0 unspecified atom stereocenters. The second-order valence-corrected chi connectivity index (χ2v) is 11.0. The van der Waals surface area contributed by atoms with Crippen LogP contribution in [0.25, 0.3) is 0 Å². The molecular formula is C29H36N4O3. The van der Waals surface area contributed by atoms with Crippen molar-refractivity contribution in [1.29, 1.82) is 0 Å². The first-order valence-electron chi connectivity index (χ1n) is 13.5. The number of fused-ring (bicyclic) bond motifs is 2. The molecule has 3 heterocycles. The summed E-state index contributed by atoms with van der Waals surface area (Å²) in [7, 11) is 2.20. The van der Waals surface area contributed by atoms with Crippen LogP contribution in [-0.2, 0) is 13.0 Å². The Labute approximate surface area is 213 Å². The molecule has 36 heavy (non-hydrogen) atoms. The number of likely N-dealkylation sites (tertiary alicyclic amines) is 2. The average Bonchev–Trinajstić information content (AvgIpc) is 3.46. The third kappa shape index (κ3) is 4.28. The molecule has 0 spiro atoms. The van der Waals surface area contributed by atoms with Gasteiger partial charge in [-0.15, -0.1) is 0 Å². The van der Waals surface area contributed by atoms with E-state index in [1.807, 2.05) is 29.2 Å². The molecule has 0 aromatic heterocycles. The minimum absolute atomic E-state index is 0.00793. The van der Waals surface area contributed by atoms with Crippen molar-refractivity contribution in [2.45, 2.75) is 63.2 Å². The van der Waals surface area contributed by atoms with E-state index in [2.05, 4.69) is 22.2 Å². The Bertz CT molecular complexity index is 1170. The van der Waals surface area contributed by atoms with Crippen LogP contribution in [0, 0.1) is 0 Å². The van der Waals surface area contributed by atoms with Crippen molar-refractivity contribution in [3.8, 4) is 5.75 Å². The largest absolute Gasteiger partial charge is 0.507 e. The molecule has 2 saturated heterocycles. The summed E-state index contributed by atoms with van der Waals surface area (Å²) in [5.74, 6) is -0.0367. The molecule has 190 valence electrons. The fraction of sp³-hybridized carbons (Fsp3) is 0.517. The number of nitrogens with zero attached hydrogens (tertiary/aromatic N) is 3. The lowest BCUT2D eigenvalue weighted by Crippen LogP contribution is -2.50. The SMILES string of the molecule is CN1CCC(N2CCC(NC(=O)c3ccc4c(c3)CC[C@H]4N3Cc4cccc(O)c4C3=O)CC2)CC1. The summed E-state index contributed by atoms with van der Waals surface area (Å²) < 4.78 is 0. The van der Waals surface area contributed by atoms with Gasteiger partial charge in [-0.1, -0.05) is 18.2 Å². The van der Waals surface area contributed by atoms with Crippen LogP contribution >= 0.6 is 0 Å². The molecule has 4 aliphatic rings. The standard InChI is InChI=1S/C29H36N4O3/c1-31-13-11-23(12-14-31)32-15-9-22(10-16-32)30-28(35)20-5-7-24-19(17-20)6-8-25(24)33-18-21-3-2-4-26(34)27(21)29(33)36/h2-5,7,17,22-23,25,34H,6,8-16,18H2,1H3,(H,30,35)/t25-/m1/s1. The Balaban J connectivity index is 1.07. The van der Waals surface area contributed by atoms with E-state index in [1.54, 1.807) is 12.1 Å². The molecule has 2 aromatic rings. The van der Waals surface area contributed by atoms with Crippen LogP contribution in [0.5, 0.6) is 5.75 Å². The fourth-order valence-electron chi connectivity index (χ4n) is 6.71. The van der Waals surface area contributed by atoms with Crippen molar-refractivity contribution in [2.75, 3.05) is 33.2 Å². The molecule has 0 saturated carbocycles. The zero-order valence-electron chi connectivity index (χ0n) is 21.1. The molecule has 1 aliphatic carbocycles. The van der Waals surface area contributed by atoms with E-state index in [1.165, 1.54) is 25.9 Å². The van der Waals surface area contributed by atoms with Gasteiger partial charge in [0.05, 0.1) is 11.6 Å². The molecule has 2 aromatic carbocycles. The van der Waals surface area contributed by atoms with E-state index in [-0.39, 0.29) is 29.6 Å². The van der Waals surface area contributed by atoms with Gasteiger partial charge in [-0.05, 0) is 93.6 Å². The maximum atomic E-state index is 13.1. The van der Waals surface area contributed by atoms with Gasteiger partial charge in [0.1, 0.15) is 5.75 Å². The number of benzene rings is 2. The van der Waals surface area contributed by atoms with Crippen molar-refractivity contribution >= 4 is 11.8 Å². The van der Waals surface area contributed by atoms with E-state index in [4.69, 9.17) is 0 Å². The Morgan fingerprint density at radius 3 is 2.50 bits per heavy atom. The predicted octanol–water partition coefficient (Wildman–Crippen LogP) is 3.32. The summed E-state index contributed by atoms with van der Waals surface area (Å²) in [5, 5.41) is 13.5. The minimum atomic E-state index is -0.102. The quantitative estimate of drug-likeness (QED) is 0.691. The topological polar surface area (TPSA) is 76.1 Å². The minimum Gasteiger partial charge on any atom is -0.507 e. The van der Waals surface area contributed by atoms with Gasteiger partial charge in [-0.25, -0.2) is 0 Å². The maximum absolute atomic E-state index is 13.1. The molecule has 3 aliphatic heterocycles. The van der Waals surface area contributed by atoms with E-state index in [9.17, 15) is 14.7 Å². The van der Waals surface area contributed by atoms with Crippen LogP contribution in [0.1, 0.15) is 75.6 Å². The van der Waals surface area contributed by atoms with E-state index >= 15 is 0 Å². The van der Waals surface area contributed by atoms with Crippen molar-refractivity contribution < 1.29 is 14.7 Å². The second kappa shape index (κ2) is 9.52. The number of rotatable bonds is 4. The number of nitrogens with one attached hydrogen (secondary N) is 1. The van der Waals surface area contributed by atoms with Crippen molar-refractivity contribution in [3.05, 3.63) is 64.2 Å². The third-order valence-electron chi connectivity index (χ3n) is 8.84. The lowest BCUT2D eigenvalue weighted by molar-refractivity contribution is 0.0698. The molecular weight excluding hydrogens is 452 g/mol. The molecule has 2 fully saturated rings. The van der Waals surface area contributed by atoms with Crippen LogP contribution in [0.2, 0.25) is 0 Å². The van der Waals surface area contributed by atoms with Gasteiger partial charge < -0.3 is 25.1 Å². The van der Waals surface area contributed by atoms with Gasteiger partial charge >= 0.3 is 0 Å². The Kier molecular flexibility index (Phi) is 6.21. The van der Waals surface area contributed by atoms with E-state index < -0.39 is 0 Å². The van der Waals surface area contributed by atoms with Crippen LogP contribution in [0.15, 0.2) is 36.4 Å². The van der Waals surface area contributed by atoms with Crippen LogP contribution in [0.4, 0.5) is 0 Å². The average molecular weight is 489 g/mol. The van der Waals surface area contributed by atoms with Crippen LogP contribution in [-0.4, -0.2) is 76.9 Å². The van der Waals surface area contributed by atoms with E-state index in [0.717, 1.165) is 55.5 Å². The van der Waals surface area contributed by atoms with Gasteiger partial charge in [-0.2, -0.15) is 0 Å². The number of carbonyl (C=O) groups excluding carboxylic acids is 2. The number of aryl methyl sites for hydroxylation is 1. The van der Waals surface area contributed by atoms with Crippen molar-refractivity contribution in [1.82, 2.24) is 20.0 Å². The summed E-state index contributed by atoms with van der Waals surface area (Å²) >= 11 is 0. The maximum Gasteiger partial charge on any atom is 0.258 e. The fourth-order valence-corrected chi connectivity index (χ4v) is 6.71. The second-order valence-electron chi connectivity index (χ2n) is 11.0. The number of hydrogen-bond donors (Lipinski definition) is 2. The first-order valence-corrected chi connectivity index (χ1v) is 13.5. The molecule has 7 nitrogen and oxygen atoms in total. The number of phenolic OH excluding ortho intramolecular Hbond substituents is 1. The van der Waals surface area contributed by atoms with Crippen LogP contribution in [0.3, 0.4) is 0 Å². The van der Waals surface area contributed by atoms with Crippen LogP contribution < -0.4 is 5.32 Å². The number of phenols is 1. The smallest absolute Gasteiger partial charge is 0.258 e. The first-order chi connectivity index (χ1) is 17.5. The van der Waals surface area contributed by atoms with Gasteiger partial charge in [0.2, 0.25) is 0 Å². The summed E-state index contributed by atoms with van der Waals surface area (Å²) in [6.45, 7) is 5.01. The highest BCUT2D eigenvalue weighted by Crippen LogP contribution is 2.42. The molecule has 1 atom stereocenters. The lowest BCUT2D eigenvalue weighted by atomic mass is 9.97. The number of amides is 2. The number of carbonyl (C=O) groups is 2. The third-order valence-corrected chi connectivity index (χ3v) is 8.84. The Morgan fingerprint density at radius 2 is 1.75 bits per heavy atom. The molecule has 6 rings (SSSR count). The highest BCUT2D eigenvalue weighted by molar-refractivity contribution is 6.01. The number of hydrogen-bond acceptors (Lipinski definition) is 5. The Morgan fingerprint density at radius 1 is 0.972 bits per heavy atom. The molecule has 0 radical (unpaired) electrons. The van der Waals surface area contributed by atoms with E-state index in [0.29, 0.717) is 23.7 Å². The van der Waals surface area contributed by atoms with Gasteiger partial charge in [0, 0.05) is 37.3 Å². The van der Waals surface area contributed by atoms with Crippen molar-refractivity contribution in [3.63, 3.8) is 0 Å². The summed E-state index contributed by atoms with van der Waals surface area (Å²) in [6.07, 6.45) is 6.21. The monoisotopic (exact) mass is 488 g/mol. The molecule has 7 heteroatoms.